The molecule has 3 aromatic carbocycles. The number of carbonyl (C=O) groups is 1. The molecule has 3 aromatic rings. The van der Waals surface area contributed by atoms with Crippen LogP contribution in [0.25, 0.3) is 0 Å². The lowest BCUT2D eigenvalue weighted by Crippen LogP contribution is -2.39. The molecule has 1 atom stereocenters. The number of carbonyl (C=O) groups excluding carboxylic acids is 1. The number of rotatable bonds is 7. The standard InChI is InChI=1S/C28H31NO2/c1-21-11-10-16-24(27(21)31)25(22-12-4-2-5-13-22)19-26(30)29-20-28(17-8-9-18-28)23-14-6-3-7-15-23/h2-7,10-16,25,31H,8-9,17-20H2,1H3,(H,29,30). The van der Waals surface area contributed by atoms with E-state index in [-0.39, 0.29) is 23.0 Å². The van der Waals surface area contributed by atoms with Crippen molar-refractivity contribution in [1.82, 2.24) is 5.32 Å². The lowest BCUT2D eigenvalue weighted by atomic mass is 9.78. The van der Waals surface area contributed by atoms with E-state index in [0.717, 1.165) is 29.5 Å². The molecule has 0 bridgehead atoms. The van der Waals surface area contributed by atoms with Crippen LogP contribution in [0.15, 0.2) is 78.9 Å². The third-order valence-electron chi connectivity index (χ3n) is 6.81. The predicted octanol–water partition coefficient (Wildman–Crippen LogP) is 5.85. The van der Waals surface area contributed by atoms with Crippen LogP contribution in [0.5, 0.6) is 5.75 Å². The highest BCUT2D eigenvalue weighted by atomic mass is 16.3. The van der Waals surface area contributed by atoms with Crippen LogP contribution < -0.4 is 5.32 Å². The van der Waals surface area contributed by atoms with Gasteiger partial charge in [-0.2, -0.15) is 0 Å². The van der Waals surface area contributed by atoms with Gasteiger partial charge in [-0.1, -0.05) is 91.7 Å². The largest absolute Gasteiger partial charge is 0.507 e. The molecule has 0 spiro atoms. The van der Waals surface area contributed by atoms with Gasteiger partial charge in [-0.25, -0.2) is 0 Å². The zero-order chi connectivity index (χ0) is 21.7. The molecular formula is C28H31NO2. The van der Waals surface area contributed by atoms with Gasteiger partial charge in [0.2, 0.25) is 5.91 Å². The minimum Gasteiger partial charge on any atom is -0.507 e. The summed E-state index contributed by atoms with van der Waals surface area (Å²) in [7, 11) is 0. The molecule has 0 radical (unpaired) electrons. The Hall–Kier alpha value is -3.07. The second-order valence-corrected chi connectivity index (χ2v) is 8.81. The number of aryl methyl sites for hydroxylation is 1. The molecule has 2 N–H and O–H groups in total. The van der Waals surface area contributed by atoms with Crippen LogP contribution in [0.4, 0.5) is 0 Å². The van der Waals surface area contributed by atoms with Crippen molar-refractivity contribution in [3.8, 4) is 5.75 Å². The molecule has 0 aliphatic heterocycles. The maximum absolute atomic E-state index is 13.1. The van der Waals surface area contributed by atoms with E-state index in [1.165, 1.54) is 18.4 Å². The first-order chi connectivity index (χ1) is 15.1. The molecule has 1 amide bonds. The van der Waals surface area contributed by atoms with Gasteiger partial charge in [-0.3, -0.25) is 4.79 Å². The zero-order valence-corrected chi connectivity index (χ0v) is 18.2. The summed E-state index contributed by atoms with van der Waals surface area (Å²) >= 11 is 0. The summed E-state index contributed by atoms with van der Waals surface area (Å²) in [6.45, 7) is 2.56. The van der Waals surface area contributed by atoms with Gasteiger partial charge in [0.05, 0.1) is 0 Å². The monoisotopic (exact) mass is 413 g/mol. The number of phenolic OH excluding ortho intramolecular Hbond substituents is 1. The molecule has 4 rings (SSSR count). The molecule has 1 saturated carbocycles. The fourth-order valence-electron chi connectivity index (χ4n) is 4.99. The number of aromatic hydroxyl groups is 1. The molecule has 31 heavy (non-hydrogen) atoms. The molecule has 1 fully saturated rings. The Morgan fingerprint density at radius 3 is 2.26 bits per heavy atom. The Balaban J connectivity index is 1.54. The van der Waals surface area contributed by atoms with Gasteiger partial charge < -0.3 is 10.4 Å². The average molecular weight is 414 g/mol. The van der Waals surface area contributed by atoms with Crippen LogP contribution in [0, 0.1) is 6.92 Å². The van der Waals surface area contributed by atoms with Crippen molar-refractivity contribution in [2.24, 2.45) is 0 Å². The number of hydrogen-bond acceptors (Lipinski definition) is 2. The second-order valence-electron chi connectivity index (χ2n) is 8.81. The smallest absolute Gasteiger partial charge is 0.220 e. The van der Waals surface area contributed by atoms with Gasteiger partial charge in [0.25, 0.3) is 0 Å². The summed E-state index contributed by atoms with van der Waals surface area (Å²) in [5.41, 5.74) is 4.03. The van der Waals surface area contributed by atoms with Crippen LogP contribution in [0.3, 0.4) is 0 Å². The van der Waals surface area contributed by atoms with Gasteiger partial charge in [0.15, 0.2) is 0 Å². The zero-order valence-electron chi connectivity index (χ0n) is 18.2. The number of hydrogen-bond donors (Lipinski definition) is 2. The van der Waals surface area contributed by atoms with E-state index in [1.54, 1.807) is 0 Å². The highest BCUT2D eigenvalue weighted by molar-refractivity contribution is 5.78. The fourth-order valence-corrected chi connectivity index (χ4v) is 4.99. The highest BCUT2D eigenvalue weighted by Gasteiger charge is 2.36. The maximum Gasteiger partial charge on any atom is 0.220 e. The summed E-state index contributed by atoms with van der Waals surface area (Å²) in [6, 6.07) is 26.4. The number of phenols is 1. The van der Waals surface area contributed by atoms with E-state index >= 15 is 0 Å². The summed E-state index contributed by atoms with van der Waals surface area (Å²) in [4.78, 5) is 13.1. The van der Waals surface area contributed by atoms with Gasteiger partial charge in [0, 0.05) is 29.9 Å². The molecular weight excluding hydrogens is 382 g/mol. The predicted molar refractivity (Wildman–Crippen MR) is 125 cm³/mol. The minimum absolute atomic E-state index is 0.0250. The summed E-state index contributed by atoms with van der Waals surface area (Å²) in [5, 5.41) is 14.0. The van der Waals surface area contributed by atoms with Crippen LogP contribution in [0.1, 0.15) is 60.3 Å². The Labute approximate surface area is 185 Å². The van der Waals surface area contributed by atoms with Crippen LogP contribution in [-0.4, -0.2) is 17.6 Å². The Kier molecular flexibility index (Phi) is 6.41. The van der Waals surface area contributed by atoms with E-state index in [2.05, 4.69) is 29.6 Å². The lowest BCUT2D eigenvalue weighted by Gasteiger charge is -2.30. The van der Waals surface area contributed by atoms with Crippen LogP contribution in [0.2, 0.25) is 0 Å². The van der Waals surface area contributed by atoms with Gasteiger partial charge >= 0.3 is 0 Å². The van der Waals surface area contributed by atoms with Crippen LogP contribution >= 0.6 is 0 Å². The minimum atomic E-state index is -0.183. The Morgan fingerprint density at radius 1 is 0.935 bits per heavy atom. The molecule has 160 valence electrons. The first kappa shape index (κ1) is 21.2. The van der Waals surface area contributed by atoms with Crippen molar-refractivity contribution in [2.45, 2.75) is 50.4 Å². The summed E-state index contributed by atoms with van der Waals surface area (Å²) in [5.74, 6) is 0.120. The number of para-hydroxylation sites is 1. The normalized spacial score (nSPS) is 16.0. The topological polar surface area (TPSA) is 49.3 Å². The molecule has 1 unspecified atom stereocenters. The van der Waals surface area contributed by atoms with Gasteiger partial charge in [-0.15, -0.1) is 0 Å². The molecule has 3 heteroatoms. The molecule has 0 heterocycles. The summed E-state index contributed by atoms with van der Waals surface area (Å²) < 4.78 is 0. The van der Waals surface area contributed by atoms with Crippen molar-refractivity contribution in [2.75, 3.05) is 6.54 Å². The molecule has 1 aliphatic rings. The molecule has 1 aliphatic carbocycles. The summed E-state index contributed by atoms with van der Waals surface area (Å²) in [6.07, 6.45) is 4.94. The van der Waals surface area contributed by atoms with Gasteiger partial charge in [-0.05, 0) is 36.5 Å². The SMILES string of the molecule is Cc1cccc(C(CC(=O)NCC2(c3ccccc3)CCCC2)c2ccccc2)c1O. The molecule has 3 nitrogen and oxygen atoms in total. The van der Waals surface area contributed by atoms with E-state index in [9.17, 15) is 9.90 Å². The van der Waals surface area contributed by atoms with Crippen molar-refractivity contribution >= 4 is 5.91 Å². The second kappa shape index (κ2) is 9.38. The maximum atomic E-state index is 13.1. The van der Waals surface area contributed by atoms with Crippen molar-refractivity contribution in [3.63, 3.8) is 0 Å². The Bertz CT molecular complexity index is 1010. The van der Waals surface area contributed by atoms with Gasteiger partial charge in [0.1, 0.15) is 5.75 Å². The van der Waals surface area contributed by atoms with Crippen molar-refractivity contribution in [3.05, 3.63) is 101 Å². The first-order valence-electron chi connectivity index (χ1n) is 11.2. The number of amides is 1. The van der Waals surface area contributed by atoms with E-state index < -0.39 is 0 Å². The number of benzene rings is 3. The van der Waals surface area contributed by atoms with Crippen molar-refractivity contribution in [1.29, 1.82) is 0 Å². The van der Waals surface area contributed by atoms with Crippen molar-refractivity contribution < 1.29 is 9.90 Å². The van der Waals surface area contributed by atoms with Crippen LogP contribution in [-0.2, 0) is 10.2 Å². The van der Waals surface area contributed by atoms with E-state index in [1.807, 2.05) is 61.5 Å². The third kappa shape index (κ3) is 4.66. The Morgan fingerprint density at radius 2 is 1.58 bits per heavy atom. The quantitative estimate of drug-likeness (QED) is 0.510. The first-order valence-corrected chi connectivity index (χ1v) is 11.2. The van der Waals surface area contributed by atoms with E-state index in [0.29, 0.717) is 13.0 Å². The lowest BCUT2D eigenvalue weighted by molar-refractivity contribution is -0.121. The fraction of sp³-hybridized carbons (Fsp3) is 0.321. The highest BCUT2D eigenvalue weighted by Crippen LogP contribution is 2.41. The molecule has 0 aromatic heterocycles. The molecule has 0 saturated heterocycles. The number of nitrogens with one attached hydrogen (secondary N) is 1. The average Bonchev–Trinajstić information content (AvgIpc) is 3.30. The van der Waals surface area contributed by atoms with E-state index in [4.69, 9.17) is 0 Å². The third-order valence-corrected chi connectivity index (χ3v) is 6.81.